The third-order valence-corrected chi connectivity index (χ3v) is 3.34. The molecule has 1 aromatic heterocycles. The second-order valence-electron chi connectivity index (χ2n) is 4.21. The first kappa shape index (κ1) is 16.2. The molecule has 9 heteroatoms. The van der Waals surface area contributed by atoms with Gasteiger partial charge in [0.1, 0.15) is 11.5 Å². The molecule has 2 aromatic rings. The fourth-order valence-corrected chi connectivity index (χ4v) is 2.03. The molecule has 0 radical (unpaired) electrons. The van der Waals surface area contributed by atoms with Gasteiger partial charge < -0.3 is 10.3 Å². The van der Waals surface area contributed by atoms with Crippen molar-refractivity contribution in [1.82, 2.24) is 4.98 Å². The Balaban J connectivity index is 2.36. The van der Waals surface area contributed by atoms with E-state index < -0.39 is 34.7 Å². The zero-order valence-electron chi connectivity index (χ0n) is 10.6. The van der Waals surface area contributed by atoms with Gasteiger partial charge in [0.2, 0.25) is 0 Å². The number of hydrogen-bond donors (Lipinski definition) is 2. The van der Waals surface area contributed by atoms with Crippen LogP contribution in [0.25, 0.3) is 0 Å². The predicted molar refractivity (Wildman–Crippen MR) is 74.1 cm³/mol. The van der Waals surface area contributed by atoms with E-state index in [1.54, 1.807) is 0 Å². The van der Waals surface area contributed by atoms with Crippen molar-refractivity contribution in [2.45, 2.75) is 6.18 Å². The minimum atomic E-state index is -4.68. The van der Waals surface area contributed by atoms with E-state index in [0.29, 0.717) is 12.3 Å². The Bertz CT molecular complexity index is 786. The molecule has 0 fully saturated rings. The van der Waals surface area contributed by atoms with Crippen LogP contribution in [0.3, 0.4) is 0 Å². The van der Waals surface area contributed by atoms with Crippen molar-refractivity contribution in [3.8, 4) is 0 Å². The van der Waals surface area contributed by atoms with Crippen LogP contribution in [0.4, 0.5) is 23.2 Å². The van der Waals surface area contributed by atoms with Crippen LogP contribution < -0.4 is 10.9 Å². The van der Waals surface area contributed by atoms with Gasteiger partial charge in [0.15, 0.2) is 0 Å². The van der Waals surface area contributed by atoms with Crippen molar-refractivity contribution in [2.75, 3.05) is 5.32 Å². The summed E-state index contributed by atoms with van der Waals surface area (Å²) in [5.74, 6) is -1.62. The van der Waals surface area contributed by atoms with Gasteiger partial charge in [-0.3, -0.25) is 9.59 Å². The van der Waals surface area contributed by atoms with Gasteiger partial charge in [0, 0.05) is 10.7 Å². The lowest BCUT2D eigenvalue weighted by Crippen LogP contribution is -2.21. The number of H-pyrrole nitrogens is 1. The molecule has 0 spiro atoms. The van der Waals surface area contributed by atoms with Gasteiger partial charge in [-0.2, -0.15) is 13.2 Å². The number of aromatic amines is 1. The second kappa shape index (κ2) is 5.91. The number of rotatable bonds is 2. The Morgan fingerprint density at radius 1 is 1.23 bits per heavy atom. The second-order valence-corrected chi connectivity index (χ2v) is 5.06. The Morgan fingerprint density at radius 2 is 1.91 bits per heavy atom. The van der Waals surface area contributed by atoms with Crippen LogP contribution in [0.2, 0.25) is 0 Å². The third kappa shape index (κ3) is 3.53. The van der Waals surface area contributed by atoms with E-state index in [4.69, 9.17) is 0 Å². The van der Waals surface area contributed by atoms with E-state index in [-0.39, 0.29) is 10.0 Å². The molecular formula is C13H7BrF4N2O2. The summed E-state index contributed by atoms with van der Waals surface area (Å²) in [7, 11) is 0. The smallest absolute Gasteiger partial charge is 0.327 e. The number of alkyl halides is 3. The molecule has 2 rings (SSSR count). The Morgan fingerprint density at radius 3 is 2.55 bits per heavy atom. The number of pyridine rings is 1. The third-order valence-electron chi connectivity index (χ3n) is 2.65. The van der Waals surface area contributed by atoms with Crippen molar-refractivity contribution in [3.05, 3.63) is 62.2 Å². The molecule has 0 unspecified atom stereocenters. The Labute approximate surface area is 129 Å². The average Bonchev–Trinajstić information content (AvgIpc) is 2.42. The van der Waals surface area contributed by atoms with Crippen molar-refractivity contribution in [3.63, 3.8) is 0 Å². The molecule has 0 aliphatic rings. The normalized spacial score (nSPS) is 11.3. The van der Waals surface area contributed by atoms with Crippen LogP contribution in [0, 0.1) is 5.82 Å². The molecule has 0 bridgehead atoms. The number of benzene rings is 1. The summed E-state index contributed by atoms with van der Waals surface area (Å²) in [6.45, 7) is 0. The van der Waals surface area contributed by atoms with E-state index in [0.717, 1.165) is 12.1 Å². The molecule has 0 saturated heterocycles. The van der Waals surface area contributed by atoms with Gasteiger partial charge in [-0.25, -0.2) is 4.39 Å². The maximum Gasteiger partial charge on any atom is 0.417 e. The van der Waals surface area contributed by atoms with Crippen LogP contribution in [0.15, 0.2) is 39.7 Å². The van der Waals surface area contributed by atoms with E-state index >= 15 is 0 Å². The molecule has 4 nitrogen and oxygen atoms in total. The lowest BCUT2D eigenvalue weighted by molar-refractivity contribution is -0.137. The Hall–Kier alpha value is -2.16. The predicted octanol–water partition coefficient (Wildman–Crippen LogP) is 3.55. The Kier molecular flexibility index (Phi) is 4.36. The molecule has 0 aliphatic carbocycles. The highest BCUT2D eigenvalue weighted by Crippen LogP contribution is 2.29. The van der Waals surface area contributed by atoms with Gasteiger partial charge in [0.25, 0.3) is 11.5 Å². The largest absolute Gasteiger partial charge is 0.417 e. The standard InChI is InChI=1S/C13H7BrF4N2O2/c14-9-2-1-7(15)4-8(9)11(21)20-10-3-6(13(16,17)18)5-19-12(10)22/h1-5H,(H,19,22)(H,20,21). The van der Waals surface area contributed by atoms with Crippen LogP contribution in [0.5, 0.6) is 0 Å². The lowest BCUT2D eigenvalue weighted by Gasteiger charge is -2.10. The molecule has 1 heterocycles. The zero-order chi connectivity index (χ0) is 16.5. The summed E-state index contributed by atoms with van der Waals surface area (Å²) in [5, 5.41) is 2.03. The van der Waals surface area contributed by atoms with Crippen molar-refractivity contribution in [1.29, 1.82) is 0 Å². The van der Waals surface area contributed by atoms with E-state index in [2.05, 4.69) is 15.9 Å². The molecule has 1 amide bonds. The highest BCUT2D eigenvalue weighted by molar-refractivity contribution is 9.10. The van der Waals surface area contributed by atoms with E-state index in [1.807, 2.05) is 10.3 Å². The number of hydrogen-bond acceptors (Lipinski definition) is 2. The van der Waals surface area contributed by atoms with Crippen molar-refractivity contribution < 1.29 is 22.4 Å². The molecule has 0 atom stereocenters. The number of halogens is 5. The topological polar surface area (TPSA) is 62.0 Å². The van der Waals surface area contributed by atoms with Gasteiger partial charge in [-0.15, -0.1) is 0 Å². The van der Waals surface area contributed by atoms with Gasteiger partial charge in [-0.05, 0) is 40.2 Å². The summed E-state index contributed by atoms with van der Waals surface area (Å²) in [5.41, 5.74) is -2.78. The number of anilines is 1. The molecule has 2 N–H and O–H groups in total. The lowest BCUT2D eigenvalue weighted by atomic mass is 10.2. The summed E-state index contributed by atoms with van der Waals surface area (Å²) in [6.07, 6.45) is -4.18. The SMILES string of the molecule is O=C(Nc1cc(C(F)(F)F)c[nH]c1=O)c1cc(F)ccc1Br. The van der Waals surface area contributed by atoms with Gasteiger partial charge in [-0.1, -0.05) is 0 Å². The van der Waals surface area contributed by atoms with Crippen LogP contribution in [0.1, 0.15) is 15.9 Å². The highest BCUT2D eigenvalue weighted by atomic mass is 79.9. The summed E-state index contributed by atoms with van der Waals surface area (Å²) in [4.78, 5) is 25.3. The molecule has 116 valence electrons. The van der Waals surface area contributed by atoms with Crippen molar-refractivity contribution in [2.24, 2.45) is 0 Å². The first-order chi connectivity index (χ1) is 10.2. The first-order valence-corrected chi connectivity index (χ1v) is 6.54. The van der Waals surface area contributed by atoms with Crippen LogP contribution in [-0.4, -0.2) is 10.9 Å². The fourth-order valence-electron chi connectivity index (χ4n) is 1.60. The molecular weight excluding hydrogens is 372 g/mol. The van der Waals surface area contributed by atoms with E-state index in [1.165, 1.54) is 6.07 Å². The van der Waals surface area contributed by atoms with Gasteiger partial charge >= 0.3 is 6.18 Å². The molecule has 22 heavy (non-hydrogen) atoms. The molecule has 0 aliphatic heterocycles. The number of nitrogens with one attached hydrogen (secondary N) is 2. The van der Waals surface area contributed by atoms with Gasteiger partial charge in [0.05, 0.1) is 11.1 Å². The highest BCUT2D eigenvalue weighted by Gasteiger charge is 2.31. The number of carbonyl (C=O) groups excluding carboxylic acids is 1. The fraction of sp³-hybridized carbons (Fsp3) is 0.0769. The van der Waals surface area contributed by atoms with Crippen molar-refractivity contribution >= 4 is 27.5 Å². The molecule has 0 saturated carbocycles. The van der Waals surface area contributed by atoms with E-state index in [9.17, 15) is 27.2 Å². The minimum Gasteiger partial charge on any atom is -0.327 e. The zero-order valence-corrected chi connectivity index (χ0v) is 12.2. The van der Waals surface area contributed by atoms with Crippen LogP contribution >= 0.6 is 15.9 Å². The summed E-state index contributed by atoms with van der Waals surface area (Å²) in [6, 6.07) is 3.75. The maximum atomic E-state index is 13.1. The van der Waals surface area contributed by atoms with Crippen LogP contribution in [-0.2, 0) is 6.18 Å². The first-order valence-electron chi connectivity index (χ1n) is 5.75. The monoisotopic (exact) mass is 378 g/mol. The number of amides is 1. The quantitative estimate of drug-likeness (QED) is 0.785. The number of aromatic nitrogens is 1. The maximum absolute atomic E-state index is 13.1. The summed E-state index contributed by atoms with van der Waals surface area (Å²) >= 11 is 3.02. The average molecular weight is 379 g/mol. The molecule has 1 aromatic carbocycles. The summed E-state index contributed by atoms with van der Waals surface area (Å²) < 4.78 is 51.1. The minimum absolute atomic E-state index is 0.156. The number of carbonyl (C=O) groups is 1.